The molecule has 0 radical (unpaired) electrons. The molecule has 2 saturated heterocycles. The molecule has 184 valence electrons. The van der Waals surface area contributed by atoms with Crippen molar-refractivity contribution in [1.29, 1.82) is 0 Å². The third-order valence-electron chi connectivity index (χ3n) is 7.36. The molecule has 3 aromatic rings. The van der Waals surface area contributed by atoms with Gasteiger partial charge in [0.2, 0.25) is 17.7 Å². The summed E-state index contributed by atoms with van der Waals surface area (Å²) in [6, 6.07) is 24.1. The van der Waals surface area contributed by atoms with Gasteiger partial charge in [0.1, 0.15) is 5.82 Å². The topological polar surface area (TPSA) is 60.9 Å². The number of rotatable bonds is 5. The highest BCUT2D eigenvalue weighted by Crippen LogP contribution is 2.40. The Labute approximate surface area is 209 Å². The van der Waals surface area contributed by atoms with Crippen LogP contribution in [0.3, 0.4) is 0 Å². The summed E-state index contributed by atoms with van der Waals surface area (Å²) >= 11 is 0. The van der Waals surface area contributed by atoms with Crippen LogP contribution in [0.25, 0.3) is 11.1 Å². The number of likely N-dealkylation sites (N-methyl/N-ethyl adjacent to an activating group) is 1. The van der Waals surface area contributed by atoms with Gasteiger partial charge in [-0.2, -0.15) is 0 Å². The van der Waals surface area contributed by atoms with E-state index in [1.54, 1.807) is 23.1 Å². The molecule has 0 aromatic heterocycles. The number of nitrogens with zero attached hydrogens (tertiary/aromatic N) is 3. The van der Waals surface area contributed by atoms with E-state index in [-0.39, 0.29) is 36.4 Å². The molecule has 2 aliphatic heterocycles. The van der Waals surface area contributed by atoms with Crippen molar-refractivity contribution < 1.29 is 18.8 Å². The Hall–Kier alpha value is -4.00. The fourth-order valence-corrected chi connectivity index (χ4v) is 5.24. The molecule has 0 spiro atoms. The van der Waals surface area contributed by atoms with Gasteiger partial charge in [0.15, 0.2) is 0 Å². The van der Waals surface area contributed by atoms with Crippen LogP contribution in [-0.2, 0) is 19.8 Å². The summed E-state index contributed by atoms with van der Waals surface area (Å²) < 4.78 is 14.2. The number of piperazine rings is 1. The fourth-order valence-electron chi connectivity index (χ4n) is 5.24. The smallest absolute Gasteiger partial charge is 0.240 e. The van der Waals surface area contributed by atoms with Gasteiger partial charge in [0, 0.05) is 46.1 Å². The second-order valence-electron chi connectivity index (χ2n) is 9.46. The zero-order valence-electron chi connectivity index (χ0n) is 20.2. The van der Waals surface area contributed by atoms with Crippen molar-refractivity contribution >= 4 is 23.4 Å². The van der Waals surface area contributed by atoms with Crippen LogP contribution < -0.4 is 4.90 Å². The van der Waals surface area contributed by atoms with Crippen LogP contribution in [0.1, 0.15) is 18.4 Å². The molecule has 3 amide bonds. The molecule has 0 aliphatic carbocycles. The lowest BCUT2D eigenvalue weighted by Crippen LogP contribution is -2.51. The highest BCUT2D eigenvalue weighted by atomic mass is 19.1. The summed E-state index contributed by atoms with van der Waals surface area (Å²) in [5.74, 6) is -1.09. The largest absolute Gasteiger partial charge is 0.366 e. The van der Waals surface area contributed by atoms with Gasteiger partial charge in [0.05, 0.1) is 11.1 Å². The van der Waals surface area contributed by atoms with E-state index in [1.807, 2.05) is 59.5 Å². The number of para-hydroxylation sites is 1. The quantitative estimate of drug-likeness (QED) is 0.515. The molecule has 0 unspecified atom stereocenters. The average Bonchev–Trinajstić information content (AvgIpc) is 3.13. The number of carbonyl (C=O) groups excluding carboxylic acids is 3. The van der Waals surface area contributed by atoms with E-state index >= 15 is 0 Å². The number of imide groups is 1. The molecule has 6 nitrogen and oxygen atoms in total. The van der Waals surface area contributed by atoms with E-state index in [2.05, 4.69) is 0 Å². The molecule has 0 saturated carbocycles. The maximum Gasteiger partial charge on any atom is 0.240 e. The first-order chi connectivity index (χ1) is 17.4. The van der Waals surface area contributed by atoms with E-state index < -0.39 is 5.41 Å². The van der Waals surface area contributed by atoms with Crippen LogP contribution in [0.15, 0.2) is 78.9 Å². The van der Waals surface area contributed by atoms with Gasteiger partial charge < -0.3 is 9.80 Å². The van der Waals surface area contributed by atoms with E-state index in [0.29, 0.717) is 37.4 Å². The van der Waals surface area contributed by atoms with Crippen LogP contribution in [-0.4, -0.2) is 60.7 Å². The number of anilines is 1. The Balaban J connectivity index is 1.36. The van der Waals surface area contributed by atoms with Crippen molar-refractivity contribution in [2.24, 2.45) is 0 Å². The zero-order chi connectivity index (χ0) is 25.3. The van der Waals surface area contributed by atoms with Crippen LogP contribution in [0.5, 0.6) is 0 Å². The molecule has 36 heavy (non-hydrogen) atoms. The van der Waals surface area contributed by atoms with Gasteiger partial charge in [-0.1, -0.05) is 66.7 Å². The number of carbonyl (C=O) groups is 3. The predicted octanol–water partition coefficient (Wildman–Crippen LogP) is 3.86. The second kappa shape index (κ2) is 9.57. The van der Waals surface area contributed by atoms with E-state index in [1.165, 1.54) is 13.1 Å². The minimum atomic E-state index is -1.22. The molecule has 0 bridgehead atoms. The summed E-state index contributed by atoms with van der Waals surface area (Å²) in [7, 11) is 1.47. The lowest BCUT2D eigenvalue weighted by molar-refractivity contribution is -0.141. The number of benzene rings is 3. The molecule has 2 fully saturated rings. The van der Waals surface area contributed by atoms with Gasteiger partial charge >= 0.3 is 0 Å². The Morgan fingerprint density at radius 3 is 2.06 bits per heavy atom. The van der Waals surface area contributed by atoms with Crippen LogP contribution >= 0.6 is 0 Å². The van der Waals surface area contributed by atoms with Crippen molar-refractivity contribution in [3.63, 3.8) is 0 Å². The number of amides is 3. The minimum Gasteiger partial charge on any atom is -0.366 e. The zero-order valence-corrected chi connectivity index (χ0v) is 20.2. The number of halogens is 1. The summed E-state index contributed by atoms with van der Waals surface area (Å²) in [4.78, 5) is 44.2. The minimum absolute atomic E-state index is 0.0338. The maximum absolute atomic E-state index is 14.2. The van der Waals surface area contributed by atoms with E-state index in [9.17, 15) is 18.8 Å². The summed E-state index contributed by atoms with van der Waals surface area (Å²) in [6.45, 7) is 1.85. The second-order valence-corrected chi connectivity index (χ2v) is 9.46. The summed E-state index contributed by atoms with van der Waals surface area (Å²) in [6.07, 6.45) is -0.111. The molecule has 0 N–H and O–H groups in total. The number of hydrogen-bond acceptors (Lipinski definition) is 4. The van der Waals surface area contributed by atoms with Crippen LogP contribution in [0, 0.1) is 5.82 Å². The van der Waals surface area contributed by atoms with Crippen molar-refractivity contribution in [3.05, 3.63) is 90.2 Å². The number of hydrogen-bond donors (Lipinski definition) is 0. The maximum atomic E-state index is 14.2. The standard InChI is InChI=1S/C29H28FN3O3/c1-31-26(34)19-29(28(31)36,23-13-11-22(12-14-23)21-7-3-2-4-8-21)20-27(35)33-17-15-32(16-18-33)25-10-6-5-9-24(25)30/h2-14H,15-20H2,1H3/t29-/m1/s1. The number of likely N-dealkylation sites (tertiary alicyclic amines) is 1. The molecule has 1 atom stereocenters. The van der Waals surface area contributed by atoms with E-state index in [4.69, 9.17) is 0 Å². The van der Waals surface area contributed by atoms with Gasteiger partial charge in [-0.05, 0) is 28.8 Å². The average molecular weight is 486 g/mol. The van der Waals surface area contributed by atoms with Crippen molar-refractivity contribution in [2.45, 2.75) is 18.3 Å². The first kappa shape index (κ1) is 23.7. The predicted molar refractivity (Wildman–Crippen MR) is 136 cm³/mol. The molecular formula is C29H28FN3O3. The Morgan fingerprint density at radius 2 is 1.44 bits per heavy atom. The normalized spacial score (nSPS) is 20.2. The highest BCUT2D eigenvalue weighted by Gasteiger charge is 2.53. The molecule has 2 aliphatic rings. The van der Waals surface area contributed by atoms with Gasteiger partial charge in [-0.15, -0.1) is 0 Å². The molecular weight excluding hydrogens is 457 g/mol. The molecule has 3 aromatic carbocycles. The monoisotopic (exact) mass is 485 g/mol. The van der Waals surface area contributed by atoms with E-state index in [0.717, 1.165) is 16.0 Å². The highest BCUT2D eigenvalue weighted by molar-refractivity contribution is 6.10. The van der Waals surface area contributed by atoms with Gasteiger partial charge in [-0.3, -0.25) is 19.3 Å². The molecule has 2 heterocycles. The summed E-state index contributed by atoms with van der Waals surface area (Å²) in [5.41, 5.74) is 2.02. The molecule has 7 heteroatoms. The SMILES string of the molecule is CN1C(=O)C[C@@](CC(=O)N2CCN(c3ccccc3F)CC2)(c2ccc(-c3ccccc3)cc2)C1=O. The van der Waals surface area contributed by atoms with Crippen molar-refractivity contribution in [1.82, 2.24) is 9.80 Å². The van der Waals surface area contributed by atoms with Gasteiger partial charge in [-0.25, -0.2) is 4.39 Å². The van der Waals surface area contributed by atoms with Crippen LogP contribution in [0.2, 0.25) is 0 Å². The first-order valence-corrected chi connectivity index (χ1v) is 12.1. The Morgan fingerprint density at radius 1 is 0.833 bits per heavy atom. The first-order valence-electron chi connectivity index (χ1n) is 12.1. The lowest BCUT2D eigenvalue weighted by Gasteiger charge is -2.37. The fraction of sp³-hybridized carbons (Fsp3) is 0.276. The Kier molecular flexibility index (Phi) is 6.31. The van der Waals surface area contributed by atoms with Crippen molar-refractivity contribution in [2.75, 3.05) is 38.1 Å². The lowest BCUT2D eigenvalue weighted by atomic mass is 9.75. The van der Waals surface area contributed by atoms with Crippen LogP contribution in [0.4, 0.5) is 10.1 Å². The summed E-state index contributed by atoms with van der Waals surface area (Å²) in [5, 5.41) is 0. The third-order valence-corrected chi connectivity index (χ3v) is 7.36. The molecule has 5 rings (SSSR count). The third kappa shape index (κ3) is 4.26. The Bertz CT molecular complexity index is 1290. The van der Waals surface area contributed by atoms with Crippen molar-refractivity contribution in [3.8, 4) is 11.1 Å². The van der Waals surface area contributed by atoms with Gasteiger partial charge in [0.25, 0.3) is 0 Å².